The average molecular weight is 373 g/mol. The second kappa shape index (κ2) is 9.33. The molecule has 0 radical (unpaired) electrons. The molecule has 0 fully saturated rings. The van der Waals surface area contributed by atoms with E-state index in [1.54, 1.807) is 19.2 Å². The number of benzene rings is 3. The van der Waals surface area contributed by atoms with Crippen LogP contribution in [0.1, 0.15) is 16.7 Å². The van der Waals surface area contributed by atoms with Crippen LogP contribution in [0.15, 0.2) is 66.7 Å². The Morgan fingerprint density at radius 1 is 1.00 bits per heavy atom. The van der Waals surface area contributed by atoms with Crippen molar-refractivity contribution in [3.63, 3.8) is 0 Å². The highest BCUT2D eigenvalue weighted by atomic mass is 16.5. The zero-order valence-electron chi connectivity index (χ0n) is 15.8. The van der Waals surface area contributed by atoms with Gasteiger partial charge in [-0.25, -0.2) is 0 Å². The summed E-state index contributed by atoms with van der Waals surface area (Å²) in [7, 11) is 1.60. The highest BCUT2D eigenvalue weighted by molar-refractivity contribution is 5.65. The zero-order valence-corrected chi connectivity index (χ0v) is 15.8. The number of nitrogens with zero attached hydrogens (tertiary/aromatic N) is 1. The molecule has 3 aromatic rings. The molecule has 0 saturated carbocycles. The van der Waals surface area contributed by atoms with Gasteiger partial charge in [-0.2, -0.15) is 5.26 Å². The first kappa shape index (κ1) is 19.1. The van der Waals surface area contributed by atoms with Crippen LogP contribution in [0.5, 0.6) is 11.5 Å². The molecule has 0 aliphatic rings. The van der Waals surface area contributed by atoms with E-state index in [9.17, 15) is 0 Å². The summed E-state index contributed by atoms with van der Waals surface area (Å²) < 4.78 is 11.4. The van der Waals surface area contributed by atoms with Crippen molar-refractivity contribution >= 4 is 11.4 Å². The number of nitrogens with two attached hydrogens (primary N) is 1. The zero-order chi connectivity index (χ0) is 19.8. The maximum Gasteiger partial charge on any atom is 0.184 e. The lowest BCUT2D eigenvalue weighted by atomic mass is 10.1. The van der Waals surface area contributed by atoms with E-state index in [4.69, 9.17) is 20.5 Å². The van der Waals surface area contributed by atoms with Crippen molar-refractivity contribution in [2.45, 2.75) is 13.0 Å². The van der Waals surface area contributed by atoms with Gasteiger partial charge < -0.3 is 20.5 Å². The Hall–Kier alpha value is -3.65. The number of ether oxygens (including phenoxy) is 2. The fourth-order valence-corrected chi connectivity index (χ4v) is 2.90. The third-order valence-electron chi connectivity index (χ3n) is 4.43. The quantitative estimate of drug-likeness (QED) is 0.573. The molecule has 0 bridgehead atoms. The molecule has 5 nitrogen and oxygen atoms in total. The van der Waals surface area contributed by atoms with Crippen LogP contribution >= 0.6 is 0 Å². The predicted octanol–water partition coefficient (Wildman–Crippen LogP) is 4.38. The van der Waals surface area contributed by atoms with Gasteiger partial charge in [0, 0.05) is 12.2 Å². The Morgan fingerprint density at radius 2 is 1.75 bits per heavy atom. The lowest BCUT2D eigenvalue weighted by molar-refractivity contribution is 0.285. The lowest BCUT2D eigenvalue weighted by Gasteiger charge is -2.16. The Morgan fingerprint density at radius 3 is 2.43 bits per heavy atom. The molecule has 28 heavy (non-hydrogen) atoms. The molecule has 0 saturated heterocycles. The third-order valence-corrected chi connectivity index (χ3v) is 4.43. The summed E-state index contributed by atoms with van der Waals surface area (Å²) in [6.07, 6.45) is 0.737. The molecule has 5 heteroatoms. The first-order valence-electron chi connectivity index (χ1n) is 9.07. The topological polar surface area (TPSA) is 80.3 Å². The average Bonchev–Trinajstić information content (AvgIpc) is 2.75. The first-order valence-corrected chi connectivity index (χ1v) is 9.07. The molecule has 0 heterocycles. The molecule has 0 aliphatic carbocycles. The number of methoxy groups -OCH3 is 1. The fraction of sp³-hybridized carbons (Fsp3) is 0.174. The van der Waals surface area contributed by atoms with Crippen LogP contribution in [0.2, 0.25) is 0 Å². The number of nitrogens with one attached hydrogen (secondary N) is 1. The number of anilines is 2. The lowest BCUT2D eigenvalue weighted by Crippen LogP contribution is -2.08. The van der Waals surface area contributed by atoms with E-state index < -0.39 is 0 Å². The molecule has 3 aromatic carbocycles. The highest BCUT2D eigenvalue weighted by Crippen LogP contribution is 2.36. The molecule has 0 aliphatic heterocycles. The summed E-state index contributed by atoms with van der Waals surface area (Å²) in [6, 6.07) is 23.3. The number of rotatable bonds is 8. The van der Waals surface area contributed by atoms with Crippen molar-refractivity contribution in [3.8, 4) is 17.6 Å². The molecule has 0 amide bonds. The second-order valence-electron chi connectivity index (χ2n) is 6.31. The van der Waals surface area contributed by atoms with Crippen molar-refractivity contribution in [1.29, 1.82) is 5.26 Å². The molecular weight excluding hydrogens is 350 g/mol. The standard InChI is InChI=1S/C23H23N3O2/c1-27-23-21(28-16-18-5-3-2-4-6-18)12-9-19(22(23)25)13-14-26-20-10-7-17(15-24)8-11-20/h2-12,26H,13-14,16,25H2,1H3. The van der Waals surface area contributed by atoms with Crippen molar-refractivity contribution in [2.24, 2.45) is 0 Å². The summed E-state index contributed by atoms with van der Waals surface area (Å²) in [6.45, 7) is 1.17. The largest absolute Gasteiger partial charge is 0.491 e. The van der Waals surface area contributed by atoms with Crippen molar-refractivity contribution in [1.82, 2.24) is 0 Å². The predicted molar refractivity (Wildman–Crippen MR) is 112 cm³/mol. The van der Waals surface area contributed by atoms with Gasteiger partial charge in [0.05, 0.1) is 24.4 Å². The summed E-state index contributed by atoms with van der Waals surface area (Å²) in [5, 5.41) is 12.2. The summed E-state index contributed by atoms with van der Waals surface area (Å²) in [4.78, 5) is 0. The molecular formula is C23H23N3O2. The van der Waals surface area contributed by atoms with Crippen LogP contribution in [0.25, 0.3) is 0 Å². The highest BCUT2D eigenvalue weighted by Gasteiger charge is 2.13. The second-order valence-corrected chi connectivity index (χ2v) is 6.31. The van der Waals surface area contributed by atoms with Crippen LogP contribution in [-0.2, 0) is 13.0 Å². The maximum atomic E-state index is 8.85. The van der Waals surface area contributed by atoms with Gasteiger partial charge in [0.2, 0.25) is 0 Å². The Kier molecular flexibility index (Phi) is 6.37. The van der Waals surface area contributed by atoms with Gasteiger partial charge >= 0.3 is 0 Å². The van der Waals surface area contributed by atoms with Crippen LogP contribution < -0.4 is 20.5 Å². The maximum absolute atomic E-state index is 8.85. The minimum atomic E-state index is 0.455. The van der Waals surface area contributed by atoms with Crippen molar-refractivity contribution in [2.75, 3.05) is 24.7 Å². The van der Waals surface area contributed by atoms with Gasteiger partial charge in [0.15, 0.2) is 11.5 Å². The molecule has 0 atom stereocenters. The van der Waals surface area contributed by atoms with Gasteiger partial charge in [-0.1, -0.05) is 36.4 Å². The number of nitrogen functional groups attached to an aromatic ring is 1. The Bertz CT molecular complexity index is 948. The van der Waals surface area contributed by atoms with Gasteiger partial charge in [-0.15, -0.1) is 0 Å². The summed E-state index contributed by atoms with van der Waals surface area (Å²) >= 11 is 0. The monoisotopic (exact) mass is 373 g/mol. The number of nitriles is 1. The molecule has 142 valence electrons. The van der Waals surface area contributed by atoms with Gasteiger partial charge in [0.25, 0.3) is 0 Å². The minimum Gasteiger partial charge on any atom is -0.491 e. The van der Waals surface area contributed by atoms with Gasteiger partial charge in [0.1, 0.15) is 6.61 Å². The van der Waals surface area contributed by atoms with E-state index in [0.29, 0.717) is 35.9 Å². The first-order chi connectivity index (χ1) is 13.7. The molecule has 0 spiro atoms. The van der Waals surface area contributed by atoms with E-state index in [1.165, 1.54) is 0 Å². The smallest absolute Gasteiger partial charge is 0.184 e. The van der Waals surface area contributed by atoms with Crippen LogP contribution in [0, 0.1) is 11.3 Å². The van der Waals surface area contributed by atoms with Crippen molar-refractivity contribution < 1.29 is 9.47 Å². The molecule has 3 rings (SSSR count). The number of hydrogen-bond donors (Lipinski definition) is 2. The van der Waals surface area contributed by atoms with Gasteiger partial charge in [-0.05, 0) is 47.9 Å². The fourth-order valence-electron chi connectivity index (χ4n) is 2.90. The third kappa shape index (κ3) is 4.74. The number of hydrogen-bond acceptors (Lipinski definition) is 5. The summed E-state index contributed by atoms with van der Waals surface area (Å²) in [5.74, 6) is 1.19. The normalized spacial score (nSPS) is 10.1. The van der Waals surface area contributed by atoms with Crippen molar-refractivity contribution in [3.05, 3.63) is 83.4 Å². The SMILES string of the molecule is COc1c(OCc2ccccc2)ccc(CCNc2ccc(C#N)cc2)c1N. The van der Waals surface area contributed by atoms with E-state index in [0.717, 1.165) is 23.2 Å². The molecule has 3 N–H and O–H groups in total. The van der Waals surface area contributed by atoms with E-state index >= 15 is 0 Å². The van der Waals surface area contributed by atoms with Crippen LogP contribution in [0.3, 0.4) is 0 Å². The Balaban J connectivity index is 1.62. The van der Waals surface area contributed by atoms with Crippen LogP contribution in [0.4, 0.5) is 11.4 Å². The van der Waals surface area contributed by atoms with E-state index in [-0.39, 0.29) is 0 Å². The minimum absolute atomic E-state index is 0.455. The Labute approximate surface area is 165 Å². The summed E-state index contributed by atoms with van der Waals surface area (Å²) in [5.41, 5.74) is 10.6. The van der Waals surface area contributed by atoms with Crippen LogP contribution in [-0.4, -0.2) is 13.7 Å². The van der Waals surface area contributed by atoms with E-state index in [2.05, 4.69) is 11.4 Å². The van der Waals surface area contributed by atoms with E-state index in [1.807, 2.05) is 54.6 Å². The molecule has 0 aromatic heterocycles. The molecule has 0 unspecified atom stereocenters. The van der Waals surface area contributed by atoms with Gasteiger partial charge in [-0.3, -0.25) is 0 Å².